The van der Waals surface area contributed by atoms with Gasteiger partial charge in [-0.2, -0.15) is 0 Å². The van der Waals surface area contributed by atoms with Gasteiger partial charge in [-0.15, -0.1) is 0 Å². The highest BCUT2D eigenvalue weighted by molar-refractivity contribution is 6.00. The van der Waals surface area contributed by atoms with Crippen LogP contribution < -0.4 is 5.32 Å². The number of carbonyl (C=O) groups is 3. The summed E-state index contributed by atoms with van der Waals surface area (Å²) in [5.74, 6) is 2.12. The van der Waals surface area contributed by atoms with Crippen LogP contribution in [-0.4, -0.2) is 45.4 Å². The fraction of sp³-hybridized carbons (Fsp3) is 0.780. The molecule has 4 saturated carbocycles. The first kappa shape index (κ1) is 36.2. The molecule has 2 N–H and O–H groups in total. The summed E-state index contributed by atoms with van der Waals surface area (Å²) < 4.78 is 6.15. The van der Waals surface area contributed by atoms with Crippen molar-refractivity contribution in [2.45, 2.75) is 139 Å². The smallest absolute Gasteiger partial charge is 0.309 e. The zero-order valence-electron chi connectivity index (χ0n) is 31.4. The number of nitrogens with zero attached hydrogens (tertiary/aromatic N) is 2. The molecule has 1 heterocycles. The van der Waals surface area contributed by atoms with Crippen molar-refractivity contribution in [2.24, 2.45) is 56.7 Å². The maximum Gasteiger partial charge on any atom is 0.309 e. The monoisotopic (exact) mass is 675 g/mol. The molecule has 49 heavy (non-hydrogen) atoms. The summed E-state index contributed by atoms with van der Waals surface area (Å²) in [6, 6.07) is 1.84. The molecule has 4 fully saturated rings. The lowest BCUT2D eigenvalue weighted by atomic mass is 9.36. The molecule has 0 saturated heterocycles. The summed E-state index contributed by atoms with van der Waals surface area (Å²) in [6.45, 7) is 18.8. The number of ketones is 1. The van der Waals surface area contributed by atoms with Crippen LogP contribution in [0.4, 0.5) is 0 Å². The Morgan fingerprint density at radius 1 is 0.980 bits per heavy atom. The highest BCUT2D eigenvalue weighted by atomic mass is 16.5. The lowest BCUT2D eigenvalue weighted by molar-refractivity contribution is -0.213. The summed E-state index contributed by atoms with van der Waals surface area (Å²) in [5, 5.41) is 13.2. The molecule has 8 heteroatoms. The molecule has 8 nitrogen and oxygen atoms in total. The zero-order chi connectivity index (χ0) is 35.6. The predicted molar refractivity (Wildman–Crippen MR) is 189 cm³/mol. The highest BCUT2D eigenvalue weighted by Gasteiger charge is 2.66. The minimum absolute atomic E-state index is 0.0359. The third-order valence-corrected chi connectivity index (χ3v) is 14.8. The predicted octanol–water partition coefficient (Wildman–Crippen LogP) is 7.96. The number of nitrogens with one attached hydrogen (secondary N) is 1. The number of rotatable bonds is 10. The Morgan fingerprint density at radius 3 is 2.35 bits per heavy atom. The number of hydrogen-bond acceptors (Lipinski definition) is 7. The molecule has 6 rings (SSSR count). The summed E-state index contributed by atoms with van der Waals surface area (Å²) in [7, 11) is 0. The molecule has 5 aliphatic carbocycles. The number of esters is 1. The van der Waals surface area contributed by atoms with Crippen molar-refractivity contribution in [3.05, 3.63) is 35.4 Å². The number of carbonyl (C=O) groups excluding carboxylic acids is 2. The molecule has 0 amide bonds. The Morgan fingerprint density at radius 2 is 1.67 bits per heavy atom. The Hall–Kier alpha value is -2.61. The van der Waals surface area contributed by atoms with Crippen LogP contribution in [0.5, 0.6) is 0 Å². The van der Waals surface area contributed by atoms with Crippen LogP contribution in [0, 0.1) is 56.7 Å². The van der Waals surface area contributed by atoms with Gasteiger partial charge in [-0.3, -0.25) is 14.4 Å². The fourth-order valence-corrected chi connectivity index (χ4v) is 12.5. The summed E-state index contributed by atoms with van der Waals surface area (Å²) in [4.78, 5) is 47.3. The number of fused-ring (bicyclic) bond motifs is 7. The molecular formula is C41H61N3O5. The number of carboxylic acids is 1. The van der Waals surface area contributed by atoms with Crippen LogP contribution in [0.15, 0.2) is 29.6 Å². The molecule has 1 aromatic rings. The van der Waals surface area contributed by atoms with Crippen LogP contribution in [0.25, 0.3) is 0 Å². The van der Waals surface area contributed by atoms with Crippen molar-refractivity contribution in [1.82, 2.24) is 15.3 Å². The lowest BCUT2D eigenvalue weighted by Gasteiger charge is -2.69. The van der Waals surface area contributed by atoms with Gasteiger partial charge in [0.25, 0.3) is 0 Å². The first-order chi connectivity index (χ1) is 23.0. The second-order valence-electron chi connectivity index (χ2n) is 18.6. The standard InChI is InChI=1S/C41H61N3O5/c1-25(2)34-28(45)22-41(18-21-42-24-32-43-19-9-20-44-32)17-12-27-26(35(34)41)10-11-30-39(27,7)15-13-29-38(5,6)31(14-16-40(29,30)8)49-33(46)23-37(3,4)36(47)48/h9,19-20,25-27,29-31,42H,10-18,21-24H2,1-8H3,(H,47,48). The normalized spacial score (nSPS) is 36.8. The summed E-state index contributed by atoms with van der Waals surface area (Å²) >= 11 is 0. The van der Waals surface area contributed by atoms with E-state index < -0.39 is 17.4 Å². The summed E-state index contributed by atoms with van der Waals surface area (Å²) in [5.41, 5.74) is 1.66. The van der Waals surface area contributed by atoms with Gasteiger partial charge in [0, 0.05) is 29.6 Å². The van der Waals surface area contributed by atoms with E-state index in [9.17, 15) is 19.5 Å². The van der Waals surface area contributed by atoms with E-state index in [0.29, 0.717) is 42.4 Å². The van der Waals surface area contributed by atoms with Gasteiger partial charge in [0.15, 0.2) is 5.78 Å². The molecule has 0 bridgehead atoms. The number of hydrogen-bond donors (Lipinski definition) is 2. The SMILES string of the molecule is CC(C)C1=C2C3CCC4C(C)(CCC5C(C)(C)C(OC(=O)CC(C)(C)C(=O)O)CCC54C)C3CCC2(CCNCc2ncccn2)CC1=O. The molecule has 8 unspecified atom stereocenters. The lowest BCUT2D eigenvalue weighted by Crippen LogP contribution is -2.63. The number of allylic oxidation sites excluding steroid dienone is 2. The van der Waals surface area contributed by atoms with Crippen LogP contribution in [0.3, 0.4) is 0 Å². The molecule has 8 atom stereocenters. The molecule has 0 aromatic carbocycles. The second-order valence-corrected chi connectivity index (χ2v) is 18.6. The van der Waals surface area contributed by atoms with Gasteiger partial charge in [-0.25, -0.2) is 9.97 Å². The van der Waals surface area contributed by atoms with Gasteiger partial charge < -0.3 is 15.2 Å². The van der Waals surface area contributed by atoms with Crippen molar-refractivity contribution in [2.75, 3.05) is 6.54 Å². The third kappa shape index (κ3) is 6.10. The number of Topliss-reactive ketones (excluding diaryl/α,β-unsaturated/α-hetero) is 1. The van der Waals surface area contributed by atoms with Crippen molar-refractivity contribution in [3.8, 4) is 0 Å². The zero-order valence-corrected chi connectivity index (χ0v) is 31.4. The molecule has 5 aliphatic rings. The number of aromatic nitrogens is 2. The molecule has 1 aromatic heterocycles. The van der Waals surface area contributed by atoms with E-state index in [1.807, 2.05) is 6.07 Å². The first-order valence-corrected chi connectivity index (χ1v) is 19.1. The molecule has 0 aliphatic heterocycles. The molecule has 0 radical (unpaired) electrons. The minimum Gasteiger partial charge on any atom is -0.481 e. The van der Waals surface area contributed by atoms with Crippen molar-refractivity contribution >= 4 is 17.7 Å². The van der Waals surface area contributed by atoms with E-state index in [2.05, 4.69) is 56.8 Å². The molecule has 0 spiro atoms. The van der Waals surface area contributed by atoms with E-state index in [1.165, 1.54) is 24.8 Å². The Bertz CT molecular complexity index is 1480. The van der Waals surface area contributed by atoms with E-state index in [-0.39, 0.29) is 40.1 Å². The van der Waals surface area contributed by atoms with E-state index in [0.717, 1.165) is 56.5 Å². The quantitative estimate of drug-likeness (QED) is 0.189. The maximum atomic E-state index is 13.8. The van der Waals surface area contributed by atoms with Crippen molar-refractivity contribution in [3.63, 3.8) is 0 Å². The summed E-state index contributed by atoms with van der Waals surface area (Å²) in [6.07, 6.45) is 13.6. The number of ether oxygens (including phenoxy) is 1. The van der Waals surface area contributed by atoms with E-state index in [4.69, 9.17) is 4.74 Å². The van der Waals surface area contributed by atoms with Gasteiger partial charge in [-0.05, 0) is 130 Å². The molecule has 270 valence electrons. The molecular weight excluding hydrogens is 614 g/mol. The van der Waals surface area contributed by atoms with Gasteiger partial charge in [0.2, 0.25) is 0 Å². The van der Waals surface area contributed by atoms with Crippen molar-refractivity contribution in [1.29, 1.82) is 0 Å². The van der Waals surface area contributed by atoms with Crippen LogP contribution in [0.1, 0.15) is 132 Å². The average molecular weight is 676 g/mol. The van der Waals surface area contributed by atoms with Gasteiger partial charge in [0.05, 0.1) is 18.4 Å². The fourth-order valence-electron chi connectivity index (χ4n) is 12.5. The largest absolute Gasteiger partial charge is 0.481 e. The van der Waals surface area contributed by atoms with Crippen LogP contribution in [-0.2, 0) is 25.7 Å². The third-order valence-electron chi connectivity index (χ3n) is 14.8. The Labute approximate surface area is 294 Å². The first-order valence-electron chi connectivity index (χ1n) is 19.1. The minimum atomic E-state index is -1.14. The van der Waals surface area contributed by atoms with Gasteiger partial charge >= 0.3 is 11.9 Å². The highest BCUT2D eigenvalue weighted by Crippen LogP contribution is 2.73. The number of aliphatic carboxylic acids is 1. The van der Waals surface area contributed by atoms with E-state index in [1.54, 1.807) is 26.2 Å². The van der Waals surface area contributed by atoms with Gasteiger partial charge in [0.1, 0.15) is 11.9 Å². The van der Waals surface area contributed by atoms with Crippen LogP contribution in [0.2, 0.25) is 0 Å². The Balaban J connectivity index is 1.21. The maximum absolute atomic E-state index is 13.8. The Kier molecular flexibility index (Phi) is 9.50. The second kappa shape index (κ2) is 12.9. The topological polar surface area (TPSA) is 118 Å². The van der Waals surface area contributed by atoms with E-state index >= 15 is 0 Å². The van der Waals surface area contributed by atoms with Crippen LogP contribution >= 0.6 is 0 Å². The average Bonchev–Trinajstić information content (AvgIpc) is 3.33. The number of carboxylic acid groups (broad SMARTS) is 1. The van der Waals surface area contributed by atoms with Crippen molar-refractivity contribution < 1.29 is 24.2 Å². The van der Waals surface area contributed by atoms with Gasteiger partial charge in [-0.1, -0.05) is 47.1 Å².